The number of carbonyl (C=O) groups excluding carboxylic acids is 1. The molecule has 1 fully saturated rings. The molecule has 0 atom stereocenters. The van der Waals surface area contributed by atoms with Gasteiger partial charge in [0.1, 0.15) is 12.2 Å². The number of halogens is 1. The topological polar surface area (TPSA) is 64.8 Å². The van der Waals surface area contributed by atoms with Crippen molar-refractivity contribution in [2.45, 2.75) is 12.8 Å². The van der Waals surface area contributed by atoms with Gasteiger partial charge in [-0.15, -0.1) is 0 Å². The molecule has 0 amide bonds. The van der Waals surface area contributed by atoms with E-state index in [1.165, 1.54) is 26.0 Å². The molecule has 0 aromatic heterocycles. The minimum atomic E-state index is -0.463. The fourth-order valence-electron chi connectivity index (χ4n) is 2.35. The smallest absolute Gasteiger partial charge is 0.342 e. The Bertz CT molecular complexity index is 488. The van der Waals surface area contributed by atoms with Gasteiger partial charge in [-0.25, -0.2) is 4.79 Å². The van der Waals surface area contributed by atoms with Gasteiger partial charge in [0, 0.05) is 11.6 Å². The van der Waals surface area contributed by atoms with Crippen LogP contribution in [0.1, 0.15) is 23.2 Å². The van der Waals surface area contributed by atoms with E-state index in [4.69, 9.17) is 26.8 Å². The van der Waals surface area contributed by atoms with Crippen LogP contribution in [-0.4, -0.2) is 44.2 Å². The number of nitrogen functional groups attached to an aromatic ring is 1. The number of benzene rings is 1. The maximum Gasteiger partial charge on any atom is 0.342 e. The van der Waals surface area contributed by atoms with E-state index >= 15 is 0 Å². The van der Waals surface area contributed by atoms with Crippen LogP contribution >= 0.6 is 11.6 Å². The number of carbonyl (C=O) groups is 1. The number of rotatable bonds is 5. The summed E-state index contributed by atoms with van der Waals surface area (Å²) in [5, 5.41) is 0.384. The lowest BCUT2D eigenvalue weighted by atomic mass is 10.1. The first kappa shape index (κ1) is 14.9. The average Bonchev–Trinajstić information content (AvgIpc) is 2.91. The summed E-state index contributed by atoms with van der Waals surface area (Å²) in [4.78, 5) is 14.3. The fraction of sp³-hybridized carbons (Fsp3) is 0.500. The molecule has 1 aliphatic heterocycles. The van der Waals surface area contributed by atoms with Crippen LogP contribution < -0.4 is 10.5 Å². The Labute approximate surface area is 123 Å². The van der Waals surface area contributed by atoms with Gasteiger partial charge in [-0.2, -0.15) is 0 Å². The molecule has 1 aromatic carbocycles. The first-order chi connectivity index (χ1) is 9.61. The van der Waals surface area contributed by atoms with Crippen molar-refractivity contribution in [2.24, 2.45) is 0 Å². The first-order valence-electron chi connectivity index (χ1n) is 6.64. The van der Waals surface area contributed by atoms with Gasteiger partial charge in [0.25, 0.3) is 0 Å². The minimum absolute atomic E-state index is 0.263. The molecular weight excluding hydrogens is 280 g/mol. The third kappa shape index (κ3) is 3.55. The SMILES string of the molecule is COc1c(N)cc(Cl)cc1C(=O)OCCN1CCCC1. The van der Waals surface area contributed by atoms with E-state index in [2.05, 4.69) is 4.90 Å². The number of likely N-dealkylation sites (tertiary alicyclic amines) is 1. The zero-order chi connectivity index (χ0) is 14.5. The van der Waals surface area contributed by atoms with Gasteiger partial charge in [-0.3, -0.25) is 4.90 Å². The second kappa shape index (κ2) is 6.81. The first-order valence-corrected chi connectivity index (χ1v) is 7.02. The van der Waals surface area contributed by atoms with Crippen LogP contribution in [0.5, 0.6) is 5.75 Å². The predicted molar refractivity (Wildman–Crippen MR) is 78.4 cm³/mol. The van der Waals surface area contributed by atoms with Crippen LogP contribution in [0.3, 0.4) is 0 Å². The summed E-state index contributed by atoms with van der Waals surface area (Å²) in [5.74, 6) is -0.157. The molecule has 0 spiro atoms. The highest BCUT2D eigenvalue weighted by Crippen LogP contribution is 2.30. The lowest BCUT2D eigenvalue weighted by molar-refractivity contribution is 0.0469. The minimum Gasteiger partial charge on any atom is -0.494 e. The van der Waals surface area contributed by atoms with Gasteiger partial charge in [0.15, 0.2) is 5.75 Å². The zero-order valence-electron chi connectivity index (χ0n) is 11.5. The van der Waals surface area contributed by atoms with E-state index in [0.29, 0.717) is 23.1 Å². The quantitative estimate of drug-likeness (QED) is 0.667. The summed E-state index contributed by atoms with van der Waals surface area (Å²) in [6.45, 7) is 3.26. The van der Waals surface area contributed by atoms with Crippen molar-refractivity contribution in [3.63, 3.8) is 0 Å². The highest BCUT2D eigenvalue weighted by molar-refractivity contribution is 6.31. The van der Waals surface area contributed by atoms with Gasteiger partial charge in [0.2, 0.25) is 0 Å². The van der Waals surface area contributed by atoms with E-state index < -0.39 is 5.97 Å². The summed E-state index contributed by atoms with van der Waals surface area (Å²) >= 11 is 5.91. The Balaban J connectivity index is 1.97. The third-order valence-corrected chi connectivity index (χ3v) is 3.56. The van der Waals surface area contributed by atoms with Crippen LogP contribution in [0, 0.1) is 0 Å². The van der Waals surface area contributed by atoms with Gasteiger partial charge < -0.3 is 15.2 Å². The van der Waals surface area contributed by atoms with Crippen molar-refractivity contribution in [3.05, 3.63) is 22.7 Å². The fourth-order valence-corrected chi connectivity index (χ4v) is 2.57. The van der Waals surface area contributed by atoms with Crippen LogP contribution in [-0.2, 0) is 4.74 Å². The molecule has 0 bridgehead atoms. The molecule has 0 unspecified atom stereocenters. The molecule has 5 nitrogen and oxygen atoms in total. The Hall–Kier alpha value is -1.46. The summed E-state index contributed by atoms with van der Waals surface area (Å²) in [7, 11) is 1.46. The predicted octanol–water partition coefficient (Wildman–Crippen LogP) is 2.18. The van der Waals surface area contributed by atoms with E-state index in [0.717, 1.165) is 19.6 Å². The number of nitrogens with two attached hydrogens (primary N) is 1. The highest BCUT2D eigenvalue weighted by atomic mass is 35.5. The number of anilines is 1. The van der Waals surface area contributed by atoms with Crippen molar-refractivity contribution >= 4 is 23.3 Å². The number of hydrogen-bond donors (Lipinski definition) is 1. The van der Waals surface area contributed by atoms with Crippen molar-refractivity contribution in [3.8, 4) is 5.75 Å². The van der Waals surface area contributed by atoms with E-state index in [-0.39, 0.29) is 5.56 Å². The van der Waals surface area contributed by atoms with Gasteiger partial charge >= 0.3 is 5.97 Å². The normalized spacial score (nSPS) is 15.3. The van der Waals surface area contributed by atoms with Crippen LogP contribution in [0.2, 0.25) is 5.02 Å². The van der Waals surface area contributed by atoms with Crippen molar-refractivity contribution < 1.29 is 14.3 Å². The molecule has 20 heavy (non-hydrogen) atoms. The van der Waals surface area contributed by atoms with Crippen molar-refractivity contribution in [1.82, 2.24) is 4.90 Å². The molecule has 0 radical (unpaired) electrons. The summed E-state index contributed by atoms with van der Waals surface area (Å²) < 4.78 is 10.4. The maximum absolute atomic E-state index is 12.1. The second-order valence-corrected chi connectivity index (χ2v) is 5.20. The highest BCUT2D eigenvalue weighted by Gasteiger charge is 2.18. The molecule has 1 saturated heterocycles. The third-order valence-electron chi connectivity index (χ3n) is 3.35. The van der Waals surface area contributed by atoms with Crippen molar-refractivity contribution in [2.75, 3.05) is 39.1 Å². The standard InChI is InChI=1S/C14H19ClN2O3/c1-19-13-11(8-10(15)9-12(13)16)14(18)20-7-6-17-4-2-3-5-17/h8-9H,2-7,16H2,1H3. The molecule has 2 N–H and O–H groups in total. The molecule has 1 aliphatic rings. The zero-order valence-corrected chi connectivity index (χ0v) is 12.3. The molecule has 6 heteroatoms. The largest absolute Gasteiger partial charge is 0.494 e. The molecule has 1 heterocycles. The van der Waals surface area contributed by atoms with E-state index in [1.54, 1.807) is 6.07 Å². The molecule has 0 saturated carbocycles. The van der Waals surface area contributed by atoms with Gasteiger partial charge in [0.05, 0.1) is 12.8 Å². The average molecular weight is 299 g/mol. The molecular formula is C14H19ClN2O3. The van der Waals surface area contributed by atoms with Crippen LogP contribution in [0.15, 0.2) is 12.1 Å². The van der Waals surface area contributed by atoms with Crippen LogP contribution in [0.4, 0.5) is 5.69 Å². The lowest BCUT2D eigenvalue weighted by Gasteiger charge is -2.15. The van der Waals surface area contributed by atoms with Gasteiger partial charge in [-0.1, -0.05) is 11.6 Å². The van der Waals surface area contributed by atoms with Gasteiger partial charge in [-0.05, 0) is 38.1 Å². The molecule has 1 aromatic rings. The van der Waals surface area contributed by atoms with Crippen molar-refractivity contribution in [1.29, 1.82) is 0 Å². The van der Waals surface area contributed by atoms with E-state index in [1.807, 2.05) is 0 Å². The monoisotopic (exact) mass is 298 g/mol. The molecule has 0 aliphatic carbocycles. The second-order valence-electron chi connectivity index (χ2n) is 4.76. The summed E-state index contributed by atoms with van der Waals surface area (Å²) in [6, 6.07) is 3.05. The molecule has 2 rings (SSSR count). The number of hydrogen-bond acceptors (Lipinski definition) is 5. The maximum atomic E-state index is 12.1. The Morgan fingerprint density at radius 3 is 2.75 bits per heavy atom. The number of esters is 1. The Kier molecular flexibility index (Phi) is 5.09. The Morgan fingerprint density at radius 2 is 2.10 bits per heavy atom. The van der Waals surface area contributed by atoms with Crippen LogP contribution in [0.25, 0.3) is 0 Å². The number of nitrogens with zero attached hydrogens (tertiary/aromatic N) is 1. The lowest BCUT2D eigenvalue weighted by Crippen LogP contribution is -2.25. The number of ether oxygens (including phenoxy) is 2. The number of methoxy groups -OCH3 is 1. The summed E-state index contributed by atoms with van der Waals surface area (Å²) in [6.07, 6.45) is 2.43. The summed E-state index contributed by atoms with van der Waals surface area (Å²) in [5.41, 5.74) is 6.36. The van der Waals surface area contributed by atoms with E-state index in [9.17, 15) is 4.79 Å². The Morgan fingerprint density at radius 1 is 1.40 bits per heavy atom. The molecule has 110 valence electrons.